The molecule has 6 nitrogen and oxygen atoms in total. The normalized spacial score (nSPS) is 11.2. The summed E-state index contributed by atoms with van der Waals surface area (Å²) >= 11 is 11.8. The van der Waals surface area contributed by atoms with Crippen molar-refractivity contribution in [2.75, 3.05) is 11.9 Å². The van der Waals surface area contributed by atoms with E-state index in [2.05, 4.69) is 5.32 Å². The lowest BCUT2D eigenvalue weighted by Crippen LogP contribution is -2.29. The van der Waals surface area contributed by atoms with Crippen LogP contribution >= 0.6 is 23.2 Å². The monoisotopic (exact) mass is 392 g/mol. The third kappa shape index (κ3) is 5.66. The van der Waals surface area contributed by atoms with E-state index in [1.165, 1.54) is 13.0 Å². The topological polar surface area (TPSA) is 88.4 Å². The predicted octanol–water partition coefficient (Wildman–Crippen LogP) is 3.81. The van der Waals surface area contributed by atoms with Gasteiger partial charge >= 0.3 is 5.97 Å². The summed E-state index contributed by atoms with van der Waals surface area (Å²) in [7, 11) is 0. The number of rotatable bonds is 6. The molecular weight excluding hydrogens is 379 g/mol. The molecule has 0 aromatic heterocycles. The van der Waals surface area contributed by atoms with Crippen LogP contribution in [-0.4, -0.2) is 24.6 Å². The molecule has 0 unspecified atom stereocenters. The SMILES string of the molecule is C[C@H](Oc1ccc(C#N)cc1)C(=O)OCC(=O)Nc1cc(Cl)ccc1Cl. The standard InChI is InChI=1S/C18H14Cl2N2O4/c1-11(26-14-5-2-12(9-21)3-6-14)18(24)25-10-17(23)22-16-8-13(19)4-7-15(16)20/h2-8,11H,10H2,1H3,(H,22,23)/t11-/m0/s1. The molecule has 0 aliphatic rings. The summed E-state index contributed by atoms with van der Waals surface area (Å²) in [5.74, 6) is -0.863. The molecule has 134 valence electrons. The Kier molecular flexibility index (Phi) is 6.84. The van der Waals surface area contributed by atoms with Gasteiger partial charge in [0, 0.05) is 5.02 Å². The van der Waals surface area contributed by atoms with Crippen molar-refractivity contribution in [3.63, 3.8) is 0 Å². The first-order valence-electron chi connectivity index (χ1n) is 7.47. The minimum absolute atomic E-state index is 0.312. The van der Waals surface area contributed by atoms with Gasteiger partial charge in [-0.15, -0.1) is 0 Å². The molecule has 0 fully saturated rings. The summed E-state index contributed by atoms with van der Waals surface area (Å²) in [6, 6.07) is 12.9. The highest BCUT2D eigenvalue weighted by atomic mass is 35.5. The molecule has 2 aromatic rings. The zero-order valence-corrected chi connectivity index (χ0v) is 15.2. The van der Waals surface area contributed by atoms with Gasteiger partial charge < -0.3 is 14.8 Å². The number of nitrogens with zero attached hydrogens (tertiary/aromatic N) is 1. The third-order valence-electron chi connectivity index (χ3n) is 3.18. The zero-order valence-electron chi connectivity index (χ0n) is 13.7. The number of hydrogen-bond acceptors (Lipinski definition) is 5. The fourth-order valence-corrected chi connectivity index (χ4v) is 2.23. The average Bonchev–Trinajstić information content (AvgIpc) is 2.63. The van der Waals surface area contributed by atoms with E-state index in [9.17, 15) is 9.59 Å². The zero-order chi connectivity index (χ0) is 19.1. The van der Waals surface area contributed by atoms with Crippen LogP contribution in [0.3, 0.4) is 0 Å². The van der Waals surface area contributed by atoms with E-state index in [0.717, 1.165) is 0 Å². The summed E-state index contributed by atoms with van der Waals surface area (Å²) in [5.41, 5.74) is 0.797. The molecule has 2 rings (SSSR count). The van der Waals surface area contributed by atoms with Crippen LogP contribution in [0.2, 0.25) is 10.0 Å². The molecule has 2 aromatic carbocycles. The number of esters is 1. The van der Waals surface area contributed by atoms with Crippen LogP contribution in [0.25, 0.3) is 0 Å². The molecule has 0 aliphatic heterocycles. The van der Waals surface area contributed by atoms with Crippen LogP contribution in [0, 0.1) is 11.3 Å². The Morgan fingerprint density at radius 1 is 1.19 bits per heavy atom. The van der Waals surface area contributed by atoms with Crippen LogP contribution in [0.15, 0.2) is 42.5 Å². The average molecular weight is 393 g/mol. The highest BCUT2D eigenvalue weighted by Crippen LogP contribution is 2.25. The largest absolute Gasteiger partial charge is 0.479 e. The van der Waals surface area contributed by atoms with Crippen LogP contribution < -0.4 is 10.1 Å². The molecule has 1 atom stereocenters. The Hall–Kier alpha value is -2.75. The van der Waals surface area contributed by atoms with Crippen LogP contribution in [-0.2, 0) is 14.3 Å². The van der Waals surface area contributed by atoms with Crippen LogP contribution in [0.5, 0.6) is 5.75 Å². The van der Waals surface area contributed by atoms with Crippen molar-refractivity contribution in [3.8, 4) is 11.8 Å². The maximum absolute atomic E-state index is 11.9. The number of carbonyl (C=O) groups excluding carboxylic acids is 2. The number of nitrogens with one attached hydrogen (secondary N) is 1. The van der Waals surface area contributed by atoms with Crippen molar-refractivity contribution in [2.24, 2.45) is 0 Å². The van der Waals surface area contributed by atoms with E-state index in [4.69, 9.17) is 37.9 Å². The highest BCUT2D eigenvalue weighted by Gasteiger charge is 2.18. The fraction of sp³-hybridized carbons (Fsp3) is 0.167. The van der Waals surface area contributed by atoms with Crippen molar-refractivity contribution in [2.45, 2.75) is 13.0 Å². The van der Waals surface area contributed by atoms with Gasteiger partial charge in [-0.2, -0.15) is 5.26 Å². The Morgan fingerprint density at radius 3 is 2.54 bits per heavy atom. The molecule has 0 bridgehead atoms. The summed E-state index contributed by atoms with van der Waals surface area (Å²) in [4.78, 5) is 23.8. The van der Waals surface area contributed by atoms with Crippen molar-refractivity contribution in [1.29, 1.82) is 5.26 Å². The summed E-state index contributed by atoms with van der Waals surface area (Å²) in [6.45, 7) is 0.995. The number of nitriles is 1. The van der Waals surface area contributed by atoms with Gasteiger partial charge in [-0.3, -0.25) is 4.79 Å². The lowest BCUT2D eigenvalue weighted by atomic mass is 10.2. The third-order valence-corrected chi connectivity index (χ3v) is 3.74. The minimum Gasteiger partial charge on any atom is -0.479 e. The van der Waals surface area contributed by atoms with Gasteiger partial charge in [0.05, 0.1) is 22.3 Å². The maximum Gasteiger partial charge on any atom is 0.347 e. The van der Waals surface area contributed by atoms with E-state index < -0.39 is 24.6 Å². The first kappa shape index (κ1) is 19.6. The van der Waals surface area contributed by atoms with E-state index in [1.54, 1.807) is 36.4 Å². The second-order valence-electron chi connectivity index (χ2n) is 5.18. The molecule has 0 saturated heterocycles. The van der Waals surface area contributed by atoms with Crippen LogP contribution in [0.4, 0.5) is 5.69 Å². The molecule has 26 heavy (non-hydrogen) atoms. The lowest BCUT2D eigenvalue weighted by Gasteiger charge is -2.14. The molecule has 1 amide bonds. The molecule has 0 aliphatic carbocycles. The molecule has 8 heteroatoms. The first-order valence-corrected chi connectivity index (χ1v) is 8.23. The van der Waals surface area contributed by atoms with Gasteiger partial charge in [-0.25, -0.2) is 4.79 Å². The maximum atomic E-state index is 11.9. The Bertz CT molecular complexity index is 847. The number of halogens is 2. The van der Waals surface area contributed by atoms with Gasteiger partial charge in [0.25, 0.3) is 5.91 Å². The second kappa shape index (κ2) is 9.09. The smallest absolute Gasteiger partial charge is 0.347 e. The molecule has 0 heterocycles. The molecule has 0 saturated carbocycles. The molecule has 1 N–H and O–H groups in total. The van der Waals surface area contributed by atoms with Crippen molar-refractivity contribution >= 4 is 40.8 Å². The van der Waals surface area contributed by atoms with Crippen molar-refractivity contribution < 1.29 is 19.1 Å². The quantitative estimate of drug-likeness (QED) is 0.754. The Balaban J connectivity index is 1.83. The van der Waals surface area contributed by atoms with Crippen molar-refractivity contribution in [3.05, 3.63) is 58.1 Å². The minimum atomic E-state index is -0.925. The molecular formula is C18H14Cl2N2O4. The number of benzene rings is 2. The summed E-state index contributed by atoms with van der Waals surface area (Å²) < 4.78 is 10.3. The fourth-order valence-electron chi connectivity index (χ4n) is 1.89. The van der Waals surface area contributed by atoms with Crippen LogP contribution in [0.1, 0.15) is 12.5 Å². The van der Waals surface area contributed by atoms with Gasteiger partial charge in [0.15, 0.2) is 12.7 Å². The lowest BCUT2D eigenvalue weighted by molar-refractivity contribution is -0.153. The highest BCUT2D eigenvalue weighted by molar-refractivity contribution is 6.35. The molecule has 0 radical (unpaired) electrons. The van der Waals surface area contributed by atoms with E-state index in [-0.39, 0.29) is 0 Å². The Labute approximate surface area is 160 Å². The van der Waals surface area contributed by atoms with E-state index in [1.807, 2.05) is 6.07 Å². The van der Waals surface area contributed by atoms with Gasteiger partial charge in [0.2, 0.25) is 0 Å². The van der Waals surface area contributed by atoms with E-state index in [0.29, 0.717) is 27.0 Å². The number of ether oxygens (including phenoxy) is 2. The van der Waals surface area contributed by atoms with Gasteiger partial charge in [-0.05, 0) is 49.4 Å². The number of carbonyl (C=O) groups is 2. The summed E-state index contributed by atoms with van der Waals surface area (Å²) in [6.07, 6.45) is -0.925. The van der Waals surface area contributed by atoms with E-state index >= 15 is 0 Å². The summed E-state index contributed by atoms with van der Waals surface area (Å²) in [5, 5.41) is 12.0. The molecule has 0 spiro atoms. The van der Waals surface area contributed by atoms with Gasteiger partial charge in [0.1, 0.15) is 5.75 Å². The number of hydrogen-bond donors (Lipinski definition) is 1. The Morgan fingerprint density at radius 2 is 1.88 bits per heavy atom. The predicted molar refractivity (Wildman–Crippen MR) is 97.3 cm³/mol. The number of anilines is 1. The number of amides is 1. The van der Waals surface area contributed by atoms with Gasteiger partial charge in [-0.1, -0.05) is 23.2 Å². The van der Waals surface area contributed by atoms with Crippen molar-refractivity contribution in [1.82, 2.24) is 0 Å². The second-order valence-corrected chi connectivity index (χ2v) is 6.02. The first-order chi connectivity index (χ1) is 12.4.